The van der Waals surface area contributed by atoms with Gasteiger partial charge in [-0.05, 0) is 155 Å². The summed E-state index contributed by atoms with van der Waals surface area (Å²) in [6, 6.07) is 14.7. The summed E-state index contributed by atoms with van der Waals surface area (Å²) >= 11 is 0. The highest BCUT2D eigenvalue weighted by Gasteiger charge is 2.20. The fourth-order valence-electron chi connectivity index (χ4n) is 6.92. The third-order valence-corrected chi connectivity index (χ3v) is 9.64. The molecule has 0 N–H and O–H groups in total. The largest absolute Gasteiger partial charge is 0.303 e. The van der Waals surface area contributed by atoms with Crippen molar-refractivity contribution in [3.63, 3.8) is 0 Å². The Balaban J connectivity index is 1.07. The maximum Gasteiger partial charge on any atom is -0.00133 e. The van der Waals surface area contributed by atoms with E-state index in [1.807, 2.05) is 0 Å². The molecule has 0 radical (unpaired) electrons. The predicted octanol–water partition coefficient (Wildman–Crippen LogP) is 8.15. The summed E-state index contributed by atoms with van der Waals surface area (Å²) in [4.78, 5) is 5.38. The van der Waals surface area contributed by atoms with Gasteiger partial charge in [0.2, 0.25) is 0 Å². The molecular formula is C35H52N2. The quantitative estimate of drug-likeness (QED) is 0.247. The van der Waals surface area contributed by atoms with Gasteiger partial charge in [0.25, 0.3) is 0 Å². The second-order valence-corrected chi connectivity index (χ2v) is 12.8. The number of likely N-dealkylation sites (tertiary alicyclic amines) is 2. The molecule has 1 aliphatic carbocycles. The molecule has 2 aromatic carbocycles. The van der Waals surface area contributed by atoms with Crippen LogP contribution in [0.15, 0.2) is 36.4 Å². The molecule has 0 amide bonds. The van der Waals surface area contributed by atoms with E-state index in [1.54, 1.807) is 22.3 Å². The minimum Gasteiger partial charge on any atom is -0.303 e. The molecular weight excluding hydrogens is 448 g/mol. The number of fused-ring (bicyclic) bond motifs is 3. The number of rotatable bonds is 12. The van der Waals surface area contributed by atoms with Crippen molar-refractivity contribution < 1.29 is 0 Å². The highest BCUT2D eigenvalue weighted by Crippen LogP contribution is 2.38. The monoisotopic (exact) mass is 500 g/mol. The van der Waals surface area contributed by atoms with E-state index in [9.17, 15) is 0 Å². The summed E-state index contributed by atoms with van der Waals surface area (Å²) in [6.45, 7) is 12.9. The first-order valence-electron chi connectivity index (χ1n) is 15.8. The highest BCUT2D eigenvalue weighted by atomic mass is 15.1. The number of nitrogens with zero attached hydrogens (tertiary/aromatic N) is 2. The summed E-state index contributed by atoms with van der Waals surface area (Å²) in [5.74, 6) is 1.63. The first-order chi connectivity index (χ1) is 18.1. The molecule has 2 atom stereocenters. The molecule has 2 unspecified atom stereocenters. The Hall–Kier alpha value is -1.64. The SMILES string of the molecule is CC(CCc1ccc2c(c1)Cc1cc(CCC(C)CCN3CCCCC3)ccc1-2)CCN1CCCCC1. The van der Waals surface area contributed by atoms with Crippen LogP contribution >= 0.6 is 0 Å². The lowest BCUT2D eigenvalue weighted by Crippen LogP contribution is -2.31. The molecule has 0 spiro atoms. The zero-order valence-corrected chi connectivity index (χ0v) is 23.9. The Bertz CT molecular complexity index is 903. The average molecular weight is 501 g/mol. The van der Waals surface area contributed by atoms with Crippen molar-refractivity contribution in [2.45, 2.75) is 97.3 Å². The van der Waals surface area contributed by atoms with Gasteiger partial charge in [-0.3, -0.25) is 0 Å². The maximum atomic E-state index is 2.69. The lowest BCUT2D eigenvalue weighted by Gasteiger charge is -2.27. The standard InChI is InChI=1S/C35H52N2/c1-28(17-23-36-19-5-3-6-20-36)9-11-30-13-15-34-32(25-30)27-33-26-31(14-16-35(33)34)12-10-29(2)18-24-37-21-7-4-8-22-37/h13-16,25-26,28-29H,3-12,17-24,27H2,1-2H3. The average Bonchev–Trinajstić information content (AvgIpc) is 3.31. The van der Waals surface area contributed by atoms with Gasteiger partial charge in [0.1, 0.15) is 0 Å². The van der Waals surface area contributed by atoms with Gasteiger partial charge in [-0.25, -0.2) is 0 Å². The molecule has 0 saturated carbocycles. The topological polar surface area (TPSA) is 6.48 Å². The molecule has 0 bridgehead atoms. The number of hydrogen-bond donors (Lipinski definition) is 0. The Labute approximate surface area is 227 Å². The summed E-state index contributed by atoms with van der Waals surface area (Å²) in [6.07, 6.45) is 17.4. The van der Waals surface area contributed by atoms with Crippen LogP contribution in [0.5, 0.6) is 0 Å². The summed E-state index contributed by atoms with van der Waals surface area (Å²) in [5, 5.41) is 0. The number of aryl methyl sites for hydroxylation is 2. The van der Waals surface area contributed by atoms with Gasteiger partial charge in [0.05, 0.1) is 0 Å². The van der Waals surface area contributed by atoms with E-state index in [0.717, 1.165) is 18.3 Å². The van der Waals surface area contributed by atoms with Gasteiger partial charge in [0.15, 0.2) is 0 Å². The molecule has 202 valence electrons. The van der Waals surface area contributed by atoms with E-state index in [4.69, 9.17) is 0 Å². The van der Waals surface area contributed by atoms with Crippen LogP contribution in [0, 0.1) is 11.8 Å². The Morgan fingerprint density at radius 1 is 0.568 bits per heavy atom. The van der Waals surface area contributed by atoms with Crippen molar-refractivity contribution in [3.8, 4) is 11.1 Å². The lowest BCUT2D eigenvalue weighted by molar-refractivity contribution is 0.213. The van der Waals surface area contributed by atoms with Crippen LogP contribution in [0.25, 0.3) is 11.1 Å². The molecule has 2 nitrogen and oxygen atoms in total. The number of piperidine rings is 2. The van der Waals surface area contributed by atoms with E-state index >= 15 is 0 Å². The molecule has 2 aromatic rings. The van der Waals surface area contributed by atoms with Crippen molar-refractivity contribution in [1.29, 1.82) is 0 Å². The molecule has 0 aromatic heterocycles. The van der Waals surface area contributed by atoms with Crippen LogP contribution in [-0.2, 0) is 19.3 Å². The minimum absolute atomic E-state index is 0.817. The normalized spacial score (nSPS) is 19.9. The summed E-state index contributed by atoms with van der Waals surface area (Å²) < 4.78 is 0. The summed E-state index contributed by atoms with van der Waals surface area (Å²) in [7, 11) is 0. The Kier molecular flexibility index (Phi) is 9.78. The van der Waals surface area contributed by atoms with Crippen LogP contribution in [0.3, 0.4) is 0 Å². The van der Waals surface area contributed by atoms with Crippen LogP contribution in [0.2, 0.25) is 0 Å². The van der Waals surface area contributed by atoms with Crippen molar-refractivity contribution >= 4 is 0 Å². The third-order valence-electron chi connectivity index (χ3n) is 9.64. The molecule has 3 aliphatic rings. The van der Waals surface area contributed by atoms with E-state index in [1.165, 1.54) is 127 Å². The van der Waals surface area contributed by atoms with Gasteiger partial charge >= 0.3 is 0 Å². The van der Waals surface area contributed by atoms with Gasteiger partial charge in [-0.2, -0.15) is 0 Å². The Morgan fingerprint density at radius 2 is 1.00 bits per heavy atom. The lowest BCUT2D eigenvalue weighted by atomic mass is 9.95. The molecule has 2 heterocycles. The van der Waals surface area contributed by atoms with E-state index in [-0.39, 0.29) is 0 Å². The molecule has 37 heavy (non-hydrogen) atoms. The predicted molar refractivity (Wildman–Crippen MR) is 159 cm³/mol. The van der Waals surface area contributed by atoms with Crippen molar-refractivity contribution in [3.05, 3.63) is 58.7 Å². The molecule has 2 fully saturated rings. The van der Waals surface area contributed by atoms with Crippen LogP contribution < -0.4 is 0 Å². The van der Waals surface area contributed by atoms with Gasteiger partial charge in [0, 0.05) is 0 Å². The molecule has 2 aliphatic heterocycles. The van der Waals surface area contributed by atoms with Crippen LogP contribution in [-0.4, -0.2) is 49.1 Å². The van der Waals surface area contributed by atoms with Gasteiger partial charge in [-0.1, -0.05) is 63.1 Å². The first kappa shape index (κ1) is 26.9. The number of benzene rings is 2. The zero-order valence-electron chi connectivity index (χ0n) is 23.9. The van der Waals surface area contributed by atoms with Crippen LogP contribution in [0.4, 0.5) is 0 Å². The second kappa shape index (κ2) is 13.4. The fourth-order valence-corrected chi connectivity index (χ4v) is 6.92. The smallest absolute Gasteiger partial charge is 0.00133 e. The second-order valence-electron chi connectivity index (χ2n) is 12.8. The molecule has 2 saturated heterocycles. The fraction of sp³-hybridized carbons (Fsp3) is 0.657. The van der Waals surface area contributed by atoms with Gasteiger partial charge in [-0.15, -0.1) is 0 Å². The Morgan fingerprint density at radius 3 is 1.43 bits per heavy atom. The minimum atomic E-state index is 0.817. The van der Waals surface area contributed by atoms with Gasteiger partial charge < -0.3 is 9.80 Å². The third kappa shape index (κ3) is 7.70. The van der Waals surface area contributed by atoms with Crippen LogP contribution in [0.1, 0.15) is 100 Å². The summed E-state index contributed by atoms with van der Waals surface area (Å²) in [5.41, 5.74) is 9.16. The van der Waals surface area contributed by atoms with E-state index in [0.29, 0.717) is 0 Å². The van der Waals surface area contributed by atoms with Crippen molar-refractivity contribution in [2.24, 2.45) is 11.8 Å². The highest BCUT2D eigenvalue weighted by molar-refractivity contribution is 5.77. The zero-order chi connectivity index (χ0) is 25.5. The first-order valence-corrected chi connectivity index (χ1v) is 15.8. The molecule has 2 heteroatoms. The van der Waals surface area contributed by atoms with Crippen molar-refractivity contribution in [2.75, 3.05) is 39.3 Å². The molecule has 5 rings (SSSR count). The maximum absolute atomic E-state index is 2.69. The van der Waals surface area contributed by atoms with Crippen molar-refractivity contribution in [1.82, 2.24) is 9.80 Å². The van der Waals surface area contributed by atoms with E-state index in [2.05, 4.69) is 60.0 Å². The number of hydrogen-bond acceptors (Lipinski definition) is 2. The van der Waals surface area contributed by atoms with E-state index < -0.39 is 0 Å².